The molecule has 0 amide bonds. The number of rotatable bonds is 3. The third-order valence-electron chi connectivity index (χ3n) is 4.07. The van der Waals surface area contributed by atoms with Crippen molar-refractivity contribution in [3.05, 3.63) is 40.8 Å². The van der Waals surface area contributed by atoms with Gasteiger partial charge in [-0.05, 0) is 36.7 Å². The molecule has 1 aromatic rings. The number of nitrogens with zero attached hydrogens (tertiary/aromatic N) is 1. The molecule has 3 atom stereocenters. The summed E-state index contributed by atoms with van der Waals surface area (Å²) in [4.78, 5) is 11.3. The van der Waals surface area contributed by atoms with E-state index in [1.54, 1.807) is 17.7 Å². The Balaban J connectivity index is 1.62. The molecular formula is C14H18N2O. The molecular weight excluding hydrogens is 212 g/mol. The molecule has 2 bridgehead atoms. The van der Waals surface area contributed by atoms with Crippen LogP contribution in [-0.4, -0.2) is 11.1 Å². The van der Waals surface area contributed by atoms with Crippen LogP contribution in [0.1, 0.15) is 12.8 Å². The number of hydrogen-bond donors (Lipinski definition) is 1. The van der Waals surface area contributed by atoms with E-state index in [1.807, 2.05) is 12.3 Å². The zero-order valence-corrected chi connectivity index (χ0v) is 10.1. The zero-order valence-electron chi connectivity index (χ0n) is 10.1. The van der Waals surface area contributed by atoms with Crippen LogP contribution in [0.5, 0.6) is 0 Å². The predicted molar refractivity (Wildman–Crippen MR) is 69.0 cm³/mol. The fourth-order valence-electron chi connectivity index (χ4n) is 3.08. The molecule has 0 aromatic carbocycles. The maximum atomic E-state index is 11.3. The molecule has 3 unspecified atom stereocenters. The van der Waals surface area contributed by atoms with Crippen LogP contribution in [0.2, 0.25) is 0 Å². The average Bonchev–Trinajstić information content (AvgIpc) is 2.92. The van der Waals surface area contributed by atoms with E-state index in [1.165, 1.54) is 12.8 Å². The van der Waals surface area contributed by atoms with Crippen molar-refractivity contribution < 1.29 is 0 Å². The minimum absolute atomic E-state index is 0.0402. The molecule has 1 saturated carbocycles. The highest BCUT2D eigenvalue weighted by molar-refractivity contribution is 5.40. The Hall–Kier alpha value is -1.51. The highest BCUT2D eigenvalue weighted by Gasteiger charge is 2.35. The summed E-state index contributed by atoms with van der Waals surface area (Å²) in [5, 5.41) is 3.45. The number of aryl methyl sites for hydroxylation is 1. The molecule has 0 spiro atoms. The molecule has 17 heavy (non-hydrogen) atoms. The Labute approximate surface area is 101 Å². The molecule has 3 rings (SSSR count). The molecule has 0 radical (unpaired) electrons. The first kappa shape index (κ1) is 10.6. The topological polar surface area (TPSA) is 34.0 Å². The van der Waals surface area contributed by atoms with Crippen LogP contribution in [0.4, 0.5) is 5.69 Å². The van der Waals surface area contributed by atoms with E-state index in [-0.39, 0.29) is 5.56 Å². The van der Waals surface area contributed by atoms with Crippen molar-refractivity contribution in [3.63, 3.8) is 0 Å². The van der Waals surface area contributed by atoms with Gasteiger partial charge in [0.25, 0.3) is 0 Å². The molecule has 2 aliphatic rings. The number of nitrogens with one attached hydrogen (secondary N) is 1. The number of anilines is 1. The second kappa shape index (κ2) is 4.06. The van der Waals surface area contributed by atoms with Crippen LogP contribution in [-0.2, 0) is 7.05 Å². The van der Waals surface area contributed by atoms with Crippen LogP contribution < -0.4 is 10.9 Å². The van der Waals surface area contributed by atoms with Gasteiger partial charge in [0.15, 0.2) is 0 Å². The van der Waals surface area contributed by atoms with Gasteiger partial charge in [0.1, 0.15) is 0 Å². The largest absolute Gasteiger partial charge is 0.384 e. The van der Waals surface area contributed by atoms with Crippen molar-refractivity contribution in [3.8, 4) is 0 Å². The Kier molecular flexibility index (Phi) is 2.54. The zero-order chi connectivity index (χ0) is 11.8. The summed E-state index contributed by atoms with van der Waals surface area (Å²) in [5.41, 5.74) is 1.08. The highest BCUT2D eigenvalue weighted by Crippen LogP contribution is 2.43. The predicted octanol–water partition coefficient (Wildman–Crippen LogP) is 2.01. The van der Waals surface area contributed by atoms with Crippen molar-refractivity contribution in [1.82, 2.24) is 4.57 Å². The van der Waals surface area contributed by atoms with E-state index in [4.69, 9.17) is 0 Å². The molecule has 1 aromatic heterocycles. The molecule has 0 saturated heterocycles. The lowest BCUT2D eigenvalue weighted by Gasteiger charge is -2.19. The van der Waals surface area contributed by atoms with Crippen LogP contribution in [0.15, 0.2) is 35.3 Å². The summed E-state index contributed by atoms with van der Waals surface area (Å²) in [6.45, 7) is 1.02. The van der Waals surface area contributed by atoms with Gasteiger partial charge in [-0.3, -0.25) is 4.79 Å². The fraction of sp³-hybridized carbons (Fsp3) is 0.500. The standard InChI is InChI=1S/C14H18N2O/c1-16-9-13(4-5-14(16)17)15-8-12-7-10-2-3-11(12)6-10/h2-5,9-12,15H,6-8H2,1H3. The molecule has 3 nitrogen and oxygen atoms in total. The first-order chi connectivity index (χ1) is 8.22. The van der Waals surface area contributed by atoms with Crippen molar-refractivity contribution in [2.45, 2.75) is 12.8 Å². The summed E-state index contributed by atoms with van der Waals surface area (Å²) in [6, 6.07) is 3.48. The van der Waals surface area contributed by atoms with Crippen molar-refractivity contribution in [1.29, 1.82) is 0 Å². The lowest BCUT2D eigenvalue weighted by molar-refractivity contribution is 0.472. The third kappa shape index (κ3) is 2.02. The second-order valence-electron chi connectivity index (χ2n) is 5.29. The first-order valence-electron chi connectivity index (χ1n) is 6.31. The number of aromatic nitrogens is 1. The van der Waals surface area contributed by atoms with E-state index >= 15 is 0 Å². The van der Waals surface area contributed by atoms with Gasteiger partial charge in [0, 0.05) is 25.9 Å². The van der Waals surface area contributed by atoms with Gasteiger partial charge < -0.3 is 9.88 Å². The molecule has 0 aliphatic heterocycles. The monoisotopic (exact) mass is 230 g/mol. The highest BCUT2D eigenvalue weighted by atomic mass is 16.1. The Morgan fingerprint density at radius 3 is 2.88 bits per heavy atom. The normalized spacial score (nSPS) is 29.8. The van der Waals surface area contributed by atoms with E-state index in [0.717, 1.165) is 30.0 Å². The molecule has 90 valence electrons. The summed E-state index contributed by atoms with van der Waals surface area (Å²) in [6.07, 6.45) is 9.28. The van der Waals surface area contributed by atoms with E-state index in [9.17, 15) is 4.79 Å². The van der Waals surface area contributed by atoms with Gasteiger partial charge in [-0.2, -0.15) is 0 Å². The molecule has 1 N–H and O–H groups in total. The SMILES string of the molecule is Cn1cc(NCC2CC3C=CC2C3)ccc1=O. The van der Waals surface area contributed by atoms with Crippen LogP contribution >= 0.6 is 0 Å². The lowest BCUT2D eigenvalue weighted by Crippen LogP contribution is -2.20. The maximum absolute atomic E-state index is 11.3. The molecule has 3 heteroatoms. The van der Waals surface area contributed by atoms with Gasteiger partial charge in [-0.15, -0.1) is 0 Å². The average molecular weight is 230 g/mol. The number of hydrogen-bond acceptors (Lipinski definition) is 2. The Morgan fingerprint density at radius 2 is 2.24 bits per heavy atom. The van der Waals surface area contributed by atoms with Gasteiger partial charge in [0.05, 0.1) is 5.69 Å². The summed E-state index contributed by atoms with van der Waals surface area (Å²) >= 11 is 0. The fourth-order valence-corrected chi connectivity index (χ4v) is 3.08. The smallest absolute Gasteiger partial charge is 0.250 e. The van der Waals surface area contributed by atoms with Crippen molar-refractivity contribution in [2.75, 3.05) is 11.9 Å². The van der Waals surface area contributed by atoms with Crippen molar-refractivity contribution in [2.24, 2.45) is 24.8 Å². The number of allylic oxidation sites excluding steroid dienone is 2. The first-order valence-corrected chi connectivity index (χ1v) is 6.31. The van der Waals surface area contributed by atoms with E-state index in [0.29, 0.717) is 0 Å². The van der Waals surface area contributed by atoms with Crippen LogP contribution in [0.3, 0.4) is 0 Å². The number of pyridine rings is 1. The van der Waals surface area contributed by atoms with Crippen LogP contribution in [0, 0.1) is 17.8 Å². The summed E-state index contributed by atoms with van der Waals surface area (Å²) < 4.78 is 1.61. The minimum atomic E-state index is 0.0402. The van der Waals surface area contributed by atoms with Gasteiger partial charge in [-0.1, -0.05) is 12.2 Å². The van der Waals surface area contributed by atoms with Crippen LogP contribution in [0.25, 0.3) is 0 Å². The quantitative estimate of drug-likeness (QED) is 0.806. The number of fused-ring (bicyclic) bond motifs is 2. The van der Waals surface area contributed by atoms with Gasteiger partial charge in [0.2, 0.25) is 5.56 Å². The van der Waals surface area contributed by atoms with Gasteiger partial charge >= 0.3 is 0 Å². The Bertz CT molecular complexity index is 503. The summed E-state index contributed by atoms with van der Waals surface area (Å²) in [7, 11) is 1.79. The molecule has 1 heterocycles. The molecule has 2 aliphatic carbocycles. The van der Waals surface area contributed by atoms with E-state index in [2.05, 4.69) is 17.5 Å². The third-order valence-corrected chi connectivity index (χ3v) is 4.07. The maximum Gasteiger partial charge on any atom is 0.250 e. The minimum Gasteiger partial charge on any atom is -0.384 e. The van der Waals surface area contributed by atoms with E-state index < -0.39 is 0 Å². The Morgan fingerprint density at radius 1 is 1.35 bits per heavy atom. The summed E-state index contributed by atoms with van der Waals surface area (Å²) in [5.74, 6) is 2.37. The van der Waals surface area contributed by atoms with Gasteiger partial charge in [-0.25, -0.2) is 0 Å². The second-order valence-corrected chi connectivity index (χ2v) is 5.29. The van der Waals surface area contributed by atoms with Crippen molar-refractivity contribution >= 4 is 5.69 Å². The molecule has 1 fully saturated rings. The lowest BCUT2D eigenvalue weighted by atomic mass is 9.93.